The number of para-hydroxylation sites is 1. The molecule has 0 radical (unpaired) electrons. The number of hydrogen-bond donors (Lipinski definition) is 0. The van der Waals surface area contributed by atoms with Crippen LogP contribution >= 0.6 is 0 Å². The number of benzene rings is 1. The van der Waals surface area contributed by atoms with E-state index in [1.165, 1.54) is 0 Å². The zero-order valence-corrected chi connectivity index (χ0v) is 16.0. The molecule has 1 atom stereocenters. The van der Waals surface area contributed by atoms with Gasteiger partial charge in [0.15, 0.2) is 0 Å². The molecule has 0 spiro atoms. The van der Waals surface area contributed by atoms with Crippen molar-refractivity contribution in [3.63, 3.8) is 0 Å². The maximum atomic E-state index is 12.7. The smallest absolute Gasteiger partial charge is 0.313 e. The fraction of sp³-hybridized carbons (Fsp3) is 0.571. The maximum absolute atomic E-state index is 12.7. The van der Waals surface area contributed by atoms with Gasteiger partial charge in [-0.3, -0.25) is 9.69 Å². The first-order valence-corrected chi connectivity index (χ1v) is 9.35. The van der Waals surface area contributed by atoms with Gasteiger partial charge in [0.1, 0.15) is 12.4 Å². The van der Waals surface area contributed by atoms with E-state index in [-0.39, 0.29) is 5.97 Å². The summed E-state index contributed by atoms with van der Waals surface area (Å²) in [6.45, 7) is 9.42. The van der Waals surface area contributed by atoms with Gasteiger partial charge in [-0.25, -0.2) is 0 Å². The van der Waals surface area contributed by atoms with E-state index in [0.717, 1.165) is 37.2 Å². The van der Waals surface area contributed by atoms with Gasteiger partial charge in [-0.1, -0.05) is 30.9 Å². The van der Waals surface area contributed by atoms with E-state index < -0.39 is 5.41 Å². The number of ether oxygens (including phenoxy) is 3. The quantitative estimate of drug-likeness (QED) is 0.472. The molecule has 0 N–H and O–H groups in total. The van der Waals surface area contributed by atoms with Crippen LogP contribution in [0.5, 0.6) is 5.75 Å². The van der Waals surface area contributed by atoms with E-state index in [0.29, 0.717) is 32.8 Å². The van der Waals surface area contributed by atoms with Crippen LogP contribution < -0.4 is 4.74 Å². The highest BCUT2D eigenvalue weighted by Crippen LogP contribution is 2.36. The molecule has 0 bridgehead atoms. The van der Waals surface area contributed by atoms with E-state index in [1.54, 1.807) is 13.2 Å². The summed E-state index contributed by atoms with van der Waals surface area (Å²) in [5, 5.41) is 0. The second-order valence-electron chi connectivity index (χ2n) is 6.77. The first-order chi connectivity index (χ1) is 12.6. The third-order valence-electron chi connectivity index (χ3n) is 4.87. The standard InChI is InChI=1S/C21H31NO4/c1-4-14-26-19-10-7-6-9-18(19)16-22-13-8-11-21(17-22,12-15-24-3)20(23)25-5-2/h4,6-7,9-10H,1,5,8,11-17H2,2-3H3. The molecule has 1 aliphatic heterocycles. The molecule has 1 aromatic rings. The second kappa shape index (κ2) is 10.3. The van der Waals surface area contributed by atoms with Crippen molar-refractivity contribution in [3.8, 4) is 5.75 Å². The average Bonchev–Trinajstić information content (AvgIpc) is 2.66. The molecule has 0 aliphatic carbocycles. The molecule has 144 valence electrons. The van der Waals surface area contributed by atoms with Crippen molar-refractivity contribution in [2.75, 3.05) is 40.0 Å². The lowest BCUT2D eigenvalue weighted by atomic mass is 9.77. The number of likely N-dealkylation sites (tertiary alicyclic amines) is 1. The Hall–Kier alpha value is -1.85. The largest absolute Gasteiger partial charge is 0.489 e. The molecular weight excluding hydrogens is 330 g/mol. The molecule has 0 aromatic heterocycles. The lowest BCUT2D eigenvalue weighted by Gasteiger charge is -2.41. The monoisotopic (exact) mass is 361 g/mol. The molecule has 1 heterocycles. The zero-order chi connectivity index (χ0) is 18.8. The van der Waals surface area contributed by atoms with Crippen molar-refractivity contribution < 1.29 is 19.0 Å². The van der Waals surface area contributed by atoms with Gasteiger partial charge < -0.3 is 14.2 Å². The van der Waals surface area contributed by atoms with Crippen LogP contribution in [0.3, 0.4) is 0 Å². The highest BCUT2D eigenvalue weighted by molar-refractivity contribution is 5.77. The average molecular weight is 361 g/mol. The van der Waals surface area contributed by atoms with Gasteiger partial charge in [0.05, 0.1) is 12.0 Å². The number of piperidine rings is 1. The minimum absolute atomic E-state index is 0.0991. The van der Waals surface area contributed by atoms with E-state index in [1.807, 2.05) is 25.1 Å². The summed E-state index contributed by atoms with van der Waals surface area (Å²) in [5.41, 5.74) is 0.641. The maximum Gasteiger partial charge on any atom is 0.313 e. The van der Waals surface area contributed by atoms with E-state index in [4.69, 9.17) is 14.2 Å². The van der Waals surface area contributed by atoms with Crippen molar-refractivity contribution in [3.05, 3.63) is 42.5 Å². The van der Waals surface area contributed by atoms with Crippen LogP contribution in [0.15, 0.2) is 36.9 Å². The van der Waals surface area contributed by atoms with Crippen LogP contribution in [-0.2, 0) is 20.8 Å². The summed E-state index contributed by atoms with van der Waals surface area (Å²) >= 11 is 0. The normalized spacial score (nSPS) is 20.5. The molecule has 1 aromatic carbocycles. The third kappa shape index (κ3) is 5.32. The molecule has 26 heavy (non-hydrogen) atoms. The van der Waals surface area contributed by atoms with Gasteiger partial charge in [0, 0.05) is 32.4 Å². The summed E-state index contributed by atoms with van der Waals surface area (Å²) in [7, 11) is 1.67. The number of carbonyl (C=O) groups is 1. The van der Waals surface area contributed by atoms with Crippen molar-refractivity contribution in [2.45, 2.75) is 32.7 Å². The lowest BCUT2D eigenvalue weighted by Crippen LogP contribution is -2.48. The highest BCUT2D eigenvalue weighted by atomic mass is 16.5. The summed E-state index contributed by atoms with van der Waals surface area (Å²) in [4.78, 5) is 15.0. The van der Waals surface area contributed by atoms with Crippen LogP contribution in [0.25, 0.3) is 0 Å². The predicted molar refractivity (Wildman–Crippen MR) is 102 cm³/mol. The molecule has 5 heteroatoms. The Labute approximate surface area is 156 Å². The number of nitrogens with zero attached hydrogens (tertiary/aromatic N) is 1. The number of carbonyl (C=O) groups excluding carboxylic acids is 1. The van der Waals surface area contributed by atoms with Crippen LogP contribution in [0.1, 0.15) is 31.7 Å². The summed E-state index contributed by atoms with van der Waals surface area (Å²) < 4.78 is 16.4. The number of esters is 1. The summed E-state index contributed by atoms with van der Waals surface area (Å²) in [6, 6.07) is 8.05. The van der Waals surface area contributed by atoms with Gasteiger partial charge >= 0.3 is 5.97 Å². The molecule has 2 rings (SSSR count). The van der Waals surface area contributed by atoms with Crippen molar-refractivity contribution in [1.82, 2.24) is 4.90 Å². The van der Waals surface area contributed by atoms with Crippen LogP contribution in [0.2, 0.25) is 0 Å². The SMILES string of the molecule is C=CCOc1ccccc1CN1CCCC(CCOC)(C(=O)OCC)C1. The van der Waals surface area contributed by atoms with Crippen molar-refractivity contribution in [2.24, 2.45) is 5.41 Å². The fourth-order valence-corrected chi connectivity index (χ4v) is 3.58. The topological polar surface area (TPSA) is 48.0 Å². The van der Waals surface area contributed by atoms with Crippen LogP contribution in [-0.4, -0.2) is 50.9 Å². The lowest BCUT2D eigenvalue weighted by molar-refractivity contribution is -0.160. The van der Waals surface area contributed by atoms with Crippen LogP contribution in [0.4, 0.5) is 0 Å². The van der Waals surface area contributed by atoms with Crippen LogP contribution in [0, 0.1) is 5.41 Å². The van der Waals surface area contributed by atoms with Crippen molar-refractivity contribution >= 4 is 5.97 Å². The first-order valence-electron chi connectivity index (χ1n) is 9.35. The molecule has 0 amide bonds. The number of hydrogen-bond acceptors (Lipinski definition) is 5. The van der Waals surface area contributed by atoms with E-state index >= 15 is 0 Å². The highest BCUT2D eigenvalue weighted by Gasteiger charge is 2.43. The molecule has 1 fully saturated rings. The molecule has 1 unspecified atom stereocenters. The Balaban J connectivity index is 2.13. The van der Waals surface area contributed by atoms with E-state index in [9.17, 15) is 4.79 Å². The van der Waals surface area contributed by atoms with Crippen molar-refractivity contribution in [1.29, 1.82) is 0 Å². The van der Waals surface area contributed by atoms with Gasteiger partial charge in [-0.05, 0) is 38.8 Å². The van der Waals surface area contributed by atoms with Gasteiger partial charge in [-0.15, -0.1) is 0 Å². The summed E-state index contributed by atoms with van der Waals surface area (Å²) in [5.74, 6) is 0.773. The Bertz CT molecular complexity index is 589. The Kier molecular flexibility index (Phi) is 8.13. The first kappa shape index (κ1) is 20.5. The minimum Gasteiger partial charge on any atom is -0.489 e. The molecule has 5 nitrogen and oxygen atoms in total. The predicted octanol–water partition coefficient (Wildman–Crippen LogP) is 3.43. The number of methoxy groups -OCH3 is 1. The molecular formula is C21H31NO4. The third-order valence-corrected chi connectivity index (χ3v) is 4.87. The Morgan fingerprint density at radius 1 is 1.38 bits per heavy atom. The van der Waals surface area contributed by atoms with Gasteiger partial charge in [0.2, 0.25) is 0 Å². The minimum atomic E-state index is -0.485. The summed E-state index contributed by atoms with van der Waals surface area (Å²) in [6.07, 6.45) is 4.25. The second-order valence-corrected chi connectivity index (χ2v) is 6.77. The Morgan fingerprint density at radius 3 is 2.92 bits per heavy atom. The van der Waals surface area contributed by atoms with Gasteiger partial charge in [0.25, 0.3) is 0 Å². The Morgan fingerprint density at radius 2 is 2.19 bits per heavy atom. The molecule has 1 aliphatic rings. The zero-order valence-electron chi connectivity index (χ0n) is 16.0. The van der Waals surface area contributed by atoms with E-state index in [2.05, 4.69) is 17.5 Å². The molecule has 0 saturated carbocycles. The van der Waals surface area contributed by atoms with Gasteiger partial charge in [-0.2, -0.15) is 0 Å². The fourth-order valence-electron chi connectivity index (χ4n) is 3.58. The number of rotatable bonds is 10. The molecule has 1 saturated heterocycles.